The Kier molecular flexibility index (Phi) is 4.82. The van der Waals surface area contributed by atoms with Crippen molar-refractivity contribution in [3.8, 4) is 11.5 Å². The molecule has 3 nitrogen and oxygen atoms in total. The van der Waals surface area contributed by atoms with Crippen molar-refractivity contribution in [1.82, 2.24) is 0 Å². The van der Waals surface area contributed by atoms with Crippen molar-refractivity contribution in [3.05, 3.63) is 63.6 Å². The molecule has 0 aromatic heterocycles. The Morgan fingerprint density at radius 1 is 1.20 bits per heavy atom. The van der Waals surface area contributed by atoms with Crippen LogP contribution in [-0.2, 0) is 4.79 Å². The van der Waals surface area contributed by atoms with Crippen LogP contribution in [0, 0.1) is 0 Å². The van der Waals surface area contributed by atoms with Gasteiger partial charge in [0.2, 0.25) is 0 Å². The molecular weight excluding hydrogens is 344 g/mol. The third kappa shape index (κ3) is 4.11. The van der Waals surface area contributed by atoms with Crippen LogP contribution in [0.4, 0.5) is 0 Å². The van der Waals surface area contributed by atoms with E-state index in [2.05, 4.69) is 15.9 Å². The summed E-state index contributed by atoms with van der Waals surface area (Å²) in [6.07, 6.45) is 2.52. The average Bonchev–Trinajstić information content (AvgIpc) is 2.40. The van der Waals surface area contributed by atoms with Crippen molar-refractivity contribution in [2.45, 2.75) is 0 Å². The molecule has 5 heteroatoms. The minimum absolute atomic E-state index is 0.498. The zero-order chi connectivity index (χ0) is 14.5. The summed E-state index contributed by atoms with van der Waals surface area (Å²) in [6, 6.07) is 12.3. The molecule has 0 aliphatic rings. The van der Waals surface area contributed by atoms with Gasteiger partial charge in [0, 0.05) is 27.2 Å². The first-order valence-electron chi connectivity index (χ1n) is 5.68. The summed E-state index contributed by atoms with van der Waals surface area (Å²) in [4.78, 5) is 10.6. The summed E-state index contributed by atoms with van der Waals surface area (Å²) in [6.45, 7) is 0. The topological polar surface area (TPSA) is 46.5 Å². The van der Waals surface area contributed by atoms with Gasteiger partial charge in [0.05, 0.1) is 0 Å². The Morgan fingerprint density at radius 3 is 2.55 bits per heavy atom. The zero-order valence-electron chi connectivity index (χ0n) is 10.2. The average molecular weight is 354 g/mol. The molecule has 0 amide bonds. The van der Waals surface area contributed by atoms with Gasteiger partial charge >= 0.3 is 5.97 Å². The van der Waals surface area contributed by atoms with E-state index >= 15 is 0 Å². The number of hydrogen-bond donors (Lipinski definition) is 1. The molecule has 0 unspecified atom stereocenters. The molecule has 0 spiro atoms. The molecule has 0 saturated heterocycles. The predicted octanol–water partition coefficient (Wildman–Crippen LogP) is 4.99. The minimum atomic E-state index is -1.02. The molecule has 0 bridgehead atoms. The normalized spacial score (nSPS) is 10.7. The highest BCUT2D eigenvalue weighted by atomic mass is 79.9. The smallest absolute Gasteiger partial charge is 0.328 e. The van der Waals surface area contributed by atoms with E-state index in [1.165, 1.54) is 6.08 Å². The Bertz CT molecular complexity index is 651. The monoisotopic (exact) mass is 352 g/mol. The third-order valence-corrected chi connectivity index (χ3v) is 3.19. The fourth-order valence-corrected chi connectivity index (χ4v) is 1.95. The number of carboxylic acid groups (broad SMARTS) is 1. The van der Waals surface area contributed by atoms with Crippen molar-refractivity contribution in [2.75, 3.05) is 0 Å². The summed E-state index contributed by atoms with van der Waals surface area (Å²) >= 11 is 9.29. The first kappa shape index (κ1) is 14.6. The number of aliphatic carboxylic acids is 1. The number of carboxylic acids is 1. The second kappa shape index (κ2) is 6.59. The first-order valence-corrected chi connectivity index (χ1v) is 6.85. The molecule has 0 heterocycles. The van der Waals surface area contributed by atoms with Crippen molar-refractivity contribution in [1.29, 1.82) is 0 Å². The number of benzene rings is 2. The standard InChI is InChI=1S/C15H10BrClO3/c16-11-3-6-13(7-4-11)20-14-9-12(17)5-1-10(14)2-8-15(18)19/h1-9H,(H,18,19)/b8-2+. The van der Waals surface area contributed by atoms with E-state index in [-0.39, 0.29) is 0 Å². The second-order valence-corrected chi connectivity index (χ2v) is 5.26. The third-order valence-electron chi connectivity index (χ3n) is 2.42. The van der Waals surface area contributed by atoms with E-state index in [9.17, 15) is 4.79 Å². The molecule has 2 aromatic rings. The van der Waals surface area contributed by atoms with Crippen LogP contribution in [0.5, 0.6) is 11.5 Å². The molecule has 102 valence electrons. The lowest BCUT2D eigenvalue weighted by molar-refractivity contribution is -0.131. The number of carbonyl (C=O) groups is 1. The Morgan fingerprint density at radius 2 is 1.90 bits per heavy atom. The molecule has 0 radical (unpaired) electrons. The van der Waals surface area contributed by atoms with Crippen LogP contribution in [0.2, 0.25) is 5.02 Å². The number of hydrogen-bond acceptors (Lipinski definition) is 2. The maximum absolute atomic E-state index is 10.6. The summed E-state index contributed by atoms with van der Waals surface area (Å²) in [5.74, 6) is 0.118. The fourth-order valence-electron chi connectivity index (χ4n) is 1.52. The van der Waals surface area contributed by atoms with Gasteiger partial charge in [-0.15, -0.1) is 0 Å². The number of halogens is 2. The second-order valence-electron chi connectivity index (χ2n) is 3.91. The van der Waals surface area contributed by atoms with Gasteiger partial charge in [-0.3, -0.25) is 0 Å². The first-order chi connectivity index (χ1) is 9.54. The van der Waals surface area contributed by atoms with E-state index in [1.54, 1.807) is 30.3 Å². The predicted molar refractivity (Wildman–Crippen MR) is 82.3 cm³/mol. The van der Waals surface area contributed by atoms with E-state index < -0.39 is 5.97 Å². The van der Waals surface area contributed by atoms with Gasteiger partial charge in [-0.1, -0.05) is 27.5 Å². The molecular formula is C15H10BrClO3. The molecule has 1 N–H and O–H groups in total. The minimum Gasteiger partial charge on any atom is -0.478 e. The van der Waals surface area contributed by atoms with Gasteiger partial charge in [0.1, 0.15) is 11.5 Å². The number of ether oxygens (including phenoxy) is 1. The zero-order valence-corrected chi connectivity index (χ0v) is 12.6. The van der Waals surface area contributed by atoms with Crippen LogP contribution >= 0.6 is 27.5 Å². The number of rotatable bonds is 4. The van der Waals surface area contributed by atoms with Gasteiger partial charge in [-0.05, 0) is 42.5 Å². The lowest BCUT2D eigenvalue weighted by atomic mass is 10.2. The van der Waals surface area contributed by atoms with Gasteiger partial charge in [-0.2, -0.15) is 0 Å². The fraction of sp³-hybridized carbons (Fsp3) is 0. The van der Waals surface area contributed by atoms with Gasteiger partial charge < -0.3 is 9.84 Å². The highest BCUT2D eigenvalue weighted by Crippen LogP contribution is 2.30. The van der Waals surface area contributed by atoms with Crippen LogP contribution in [0.15, 0.2) is 53.0 Å². The molecule has 0 saturated carbocycles. The lowest BCUT2D eigenvalue weighted by Crippen LogP contribution is -1.90. The van der Waals surface area contributed by atoms with Gasteiger partial charge in [-0.25, -0.2) is 4.79 Å². The summed E-state index contributed by atoms with van der Waals surface area (Å²) in [5.41, 5.74) is 0.639. The molecule has 2 rings (SSSR count). The lowest BCUT2D eigenvalue weighted by Gasteiger charge is -2.09. The van der Waals surface area contributed by atoms with Crippen LogP contribution in [-0.4, -0.2) is 11.1 Å². The van der Waals surface area contributed by atoms with Gasteiger partial charge in [0.15, 0.2) is 0 Å². The maximum Gasteiger partial charge on any atom is 0.328 e. The molecule has 0 atom stereocenters. The Balaban J connectivity index is 2.31. The van der Waals surface area contributed by atoms with Crippen LogP contribution in [0.3, 0.4) is 0 Å². The van der Waals surface area contributed by atoms with Crippen molar-refractivity contribution in [2.24, 2.45) is 0 Å². The van der Waals surface area contributed by atoms with Crippen molar-refractivity contribution < 1.29 is 14.6 Å². The molecule has 20 heavy (non-hydrogen) atoms. The van der Waals surface area contributed by atoms with Crippen molar-refractivity contribution >= 4 is 39.6 Å². The molecule has 0 aliphatic heterocycles. The van der Waals surface area contributed by atoms with E-state index in [0.717, 1.165) is 10.5 Å². The summed E-state index contributed by atoms with van der Waals surface area (Å²) < 4.78 is 6.67. The Hall–Kier alpha value is -1.78. The molecule has 0 aliphatic carbocycles. The molecule has 2 aromatic carbocycles. The summed E-state index contributed by atoms with van der Waals surface area (Å²) in [7, 11) is 0. The summed E-state index contributed by atoms with van der Waals surface area (Å²) in [5, 5.41) is 9.20. The van der Waals surface area contributed by atoms with Crippen LogP contribution in [0.1, 0.15) is 5.56 Å². The SMILES string of the molecule is O=C(O)/C=C/c1ccc(Cl)cc1Oc1ccc(Br)cc1. The highest BCUT2D eigenvalue weighted by molar-refractivity contribution is 9.10. The largest absolute Gasteiger partial charge is 0.478 e. The Labute approximate surface area is 129 Å². The highest BCUT2D eigenvalue weighted by Gasteiger charge is 2.05. The van der Waals surface area contributed by atoms with E-state index in [1.807, 2.05) is 12.1 Å². The van der Waals surface area contributed by atoms with E-state index in [0.29, 0.717) is 22.1 Å². The maximum atomic E-state index is 10.6. The van der Waals surface area contributed by atoms with E-state index in [4.69, 9.17) is 21.4 Å². The molecule has 0 fully saturated rings. The van der Waals surface area contributed by atoms with Crippen LogP contribution in [0.25, 0.3) is 6.08 Å². The van der Waals surface area contributed by atoms with Crippen LogP contribution < -0.4 is 4.74 Å². The quantitative estimate of drug-likeness (QED) is 0.787. The van der Waals surface area contributed by atoms with Gasteiger partial charge in [0.25, 0.3) is 0 Å². The van der Waals surface area contributed by atoms with Crippen molar-refractivity contribution in [3.63, 3.8) is 0 Å².